The summed E-state index contributed by atoms with van der Waals surface area (Å²) < 4.78 is 11.3. The van der Waals surface area contributed by atoms with Crippen LogP contribution in [0.4, 0.5) is 0 Å². The number of benzene rings is 3. The van der Waals surface area contributed by atoms with Crippen molar-refractivity contribution in [1.29, 1.82) is 0 Å². The van der Waals surface area contributed by atoms with Crippen LogP contribution in [0.3, 0.4) is 0 Å². The molecular formula is C21H19NO2. The van der Waals surface area contributed by atoms with Crippen molar-refractivity contribution in [3.8, 4) is 5.75 Å². The zero-order valence-electron chi connectivity index (χ0n) is 13.6. The highest BCUT2D eigenvalue weighted by atomic mass is 16.5. The van der Waals surface area contributed by atoms with Gasteiger partial charge in [0.1, 0.15) is 17.1 Å². The first-order chi connectivity index (χ1) is 11.8. The van der Waals surface area contributed by atoms with Crippen molar-refractivity contribution in [2.24, 2.45) is 0 Å². The molecule has 0 bridgehead atoms. The second-order valence-electron chi connectivity index (χ2n) is 5.83. The van der Waals surface area contributed by atoms with Gasteiger partial charge in [-0.3, -0.25) is 0 Å². The molecule has 1 aromatic heterocycles. The van der Waals surface area contributed by atoms with Gasteiger partial charge in [0.15, 0.2) is 0 Å². The molecule has 0 radical (unpaired) electrons. The molecule has 0 unspecified atom stereocenters. The second kappa shape index (κ2) is 6.38. The molecule has 0 saturated heterocycles. The molecule has 0 atom stereocenters. The Morgan fingerprint density at radius 1 is 0.875 bits per heavy atom. The van der Waals surface area contributed by atoms with Gasteiger partial charge in [-0.1, -0.05) is 48.5 Å². The lowest BCUT2D eigenvalue weighted by Gasteiger charge is -2.11. The Morgan fingerprint density at radius 2 is 1.67 bits per heavy atom. The van der Waals surface area contributed by atoms with Crippen molar-refractivity contribution < 1.29 is 9.15 Å². The summed E-state index contributed by atoms with van der Waals surface area (Å²) in [6.45, 7) is 1.48. The highest BCUT2D eigenvalue weighted by Crippen LogP contribution is 2.28. The van der Waals surface area contributed by atoms with Gasteiger partial charge in [0.05, 0.1) is 13.7 Å². The SMILES string of the molecule is COc1ccc(CNCc2cc3ccccc3o2)c2ccccc12. The highest BCUT2D eigenvalue weighted by molar-refractivity contribution is 5.91. The quantitative estimate of drug-likeness (QED) is 0.569. The highest BCUT2D eigenvalue weighted by Gasteiger charge is 2.07. The van der Waals surface area contributed by atoms with Gasteiger partial charge < -0.3 is 14.5 Å². The molecule has 0 amide bonds. The molecule has 0 spiro atoms. The third-order valence-electron chi connectivity index (χ3n) is 4.29. The van der Waals surface area contributed by atoms with Crippen molar-refractivity contribution in [3.63, 3.8) is 0 Å². The van der Waals surface area contributed by atoms with Crippen LogP contribution in [0.15, 0.2) is 71.1 Å². The number of para-hydroxylation sites is 1. The molecule has 0 saturated carbocycles. The van der Waals surface area contributed by atoms with Crippen LogP contribution in [0.2, 0.25) is 0 Å². The fourth-order valence-electron chi connectivity index (χ4n) is 3.11. The van der Waals surface area contributed by atoms with Crippen LogP contribution in [0, 0.1) is 0 Å². The monoisotopic (exact) mass is 317 g/mol. The average molecular weight is 317 g/mol. The number of hydrogen-bond donors (Lipinski definition) is 1. The molecule has 0 aliphatic carbocycles. The summed E-state index contributed by atoms with van der Waals surface area (Å²) in [5.41, 5.74) is 2.19. The zero-order chi connectivity index (χ0) is 16.4. The molecule has 0 aliphatic heterocycles. The molecular weight excluding hydrogens is 298 g/mol. The summed E-state index contributed by atoms with van der Waals surface area (Å²) >= 11 is 0. The minimum absolute atomic E-state index is 0.703. The molecule has 3 nitrogen and oxygen atoms in total. The molecule has 24 heavy (non-hydrogen) atoms. The molecule has 1 N–H and O–H groups in total. The van der Waals surface area contributed by atoms with Crippen molar-refractivity contribution in [2.45, 2.75) is 13.1 Å². The summed E-state index contributed by atoms with van der Waals surface area (Å²) in [5.74, 6) is 1.86. The van der Waals surface area contributed by atoms with Crippen molar-refractivity contribution in [1.82, 2.24) is 5.32 Å². The predicted octanol–water partition coefficient (Wildman–Crippen LogP) is 4.88. The third-order valence-corrected chi connectivity index (χ3v) is 4.29. The summed E-state index contributed by atoms with van der Waals surface area (Å²) in [7, 11) is 1.71. The molecule has 0 aliphatic rings. The van der Waals surface area contributed by atoms with E-state index in [1.807, 2.05) is 30.3 Å². The number of rotatable bonds is 5. The standard InChI is InChI=1S/C21H19NO2/c1-23-21-11-10-16(18-7-3-4-8-19(18)21)13-22-14-17-12-15-6-2-5-9-20(15)24-17/h2-12,22H,13-14H2,1H3. The van der Waals surface area contributed by atoms with Crippen LogP contribution < -0.4 is 10.1 Å². The van der Waals surface area contributed by atoms with Gasteiger partial charge in [-0.25, -0.2) is 0 Å². The number of fused-ring (bicyclic) bond motifs is 2. The van der Waals surface area contributed by atoms with E-state index in [4.69, 9.17) is 9.15 Å². The van der Waals surface area contributed by atoms with Crippen LogP contribution in [-0.4, -0.2) is 7.11 Å². The topological polar surface area (TPSA) is 34.4 Å². The van der Waals surface area contributed by atoms with Gasteiger partial charge in [-0.05, 0) is 29.1 Å². The zero-order valence-corrected chi connectivity index (χ0v) is 13.6. The smallest absolute Gasteiger partial charge is 0.134 e. The average Bonchev–Trinajstić information content (AvgIpc) is 3.04. The van der Waals surface area contributed by atoms with Gasteiger partial charge >= 0.3 is 0 Å². The molecule has 3 heteroatoms. The Kier molecular flexibility index (Phi) is 3.93. The predicted molar refractivity (Wildman–Crippen MR) is 97.3 cm³/mol. The van der Waals surface area contributed by atoms with E-state index >= 15 is 0 Å². The lowest BCUT2D eigenvalue weighted by atomic mass is 10.0. The third kappa shape index (κ3) is 2.74. The minimum Gasteiger partial charge on any atom is -0.496 e. The second-order valence-corrected chi connectivity index (χ2v) is 5.83. The van der Waals surface area contributed by atoms with Crippen LogP contribution in [0.5, 0.6) is 5.75 Å². The van der Waals surface area contributed by atoms with E-state index in [9.17, 15) is 0 Å². The lowest BCUT2D eigenvalue weighted by Crippen LogP contribution is -2.12. The molecule has 120 valence electrons. The fourth-order valence-corrected chi connectivity index (χ4v) is 3.11. The molecule has 1 heterocycles. The number of ether oxygens (including phenoxy) is 1. The maximum absolute atomic E-state index is 5.85. The largest absolute Gasteiger partial charge is 0.496 e. The van der Waals surface area contributed by atoms with E-state index in [1.54, 1.807) is 7.11 Å². The van der Waals surface area contributed by atoms with E-state index in [-0.39, 0.29) is 0 Å². The first-order valence-corrected chi connectivity index (χ1v) is 8.08. The van der Waals surface area contributed by atoms with Crippen LogP contribution in [-0.2, 0) is 13.1 Å². The van der Waals surface area contributed by atoms with Crippen LogP contribution >= 0.6 is 0 Å². The van der Waals surface area contributed by atoms with E-state index in [0.717, 1.165) is 34.4 Å². The van der Waals surface area contributed by atoms with E-state index < -0.39 is 0 Å². The van der Waals surface area contributed by atoms with Crippen molar-refractivity contribution in [2.75, 3.05) is 7.11 Å². The van der Waals surface area contributed by atoms with Gasteiger partial charge in [-0.15, -0.1) is 0 Å². The summed E-state index contributed by atoms with van der Waals surface area (Å²) in [6, 6.07) is 22.6. The Balaban J connectivity index is 1.52. The van der Waals surface area contributed by atoms with Crippen molar-refractivity contribution >= 4 is 21.7 Å². The number of nitrogens with one attached hydrogen (secondary N) is 1. The van der Waals surface area contributed by atoms with E-state index in [1.165, 1.54) is 10.9 Å². The van der Waals surface area contributed by atoms with E-state index in [2.05, 4.69) is 41.7 Å². The van der Waals surface area contributed by atoms with Gasteiger partial charge in [-0.2, -0.15) is 0 Å². The Morgan fingerprint density at radius 3 is 2.50 bits per heavy atom. The fraction of sp³-hybridized carbons (Fsp3) is 0.143. The number of hydrogen-bond acceptors (Lipinski definition) is 3. The number of furan rings is 1. The Labute approximate surface area is 140 Å². The molecule has 4 aromatic rings. The molecule has 4 rings (SSSR count). The van der Waals surface area contributed by atoms with Crippen LogP contribution in [0.25, 0.3) is 21.7 Å². The maximum atomic E-state index is 5.85. The van der Waals surface area contributed by atoms with Crippen molar-refractivity contribution in [3.05, 3.63) is 78.1 Å². The maximum Gasteiger partial charge on any atom is 0.134 e. The Bertz CT molecular complexity index is 954. The summed E-state index contributed by atoms with van der Waals surface area (Å²) in [6.07, 6.45) is 0. The lowest BCUT2D eigenvalue weighted by molar-refractivity contribution is 0.419. The summed E-state index contributed by atoms with van der Waals surface area (Å²) in [5, 5.41) is 6.98. The first-order valence-electron chi connectivity index (χ1n) is 8.08. The summed E-state index contributed by atoms with van der Waals surface area (Å²) in [4.78, 5) is 0. The van der Waals surface area contributed by atoms with Crippen LogP contribution in [0.1, 0.15) is 11.3 Å². The first kappa shape index (κ1) is 14.8. The molecule has 0 fully saturated rings. The Hall–Kier alpha value is -2.78. The molecule has 3 aromatic carbocycles. The number of methoxy groups -OCH3 is 1. The normalized spacial score (nSPS) is 11.2. The van der Waals surface area contributed by atoms with E-state index in [0.29, 0.717) is 6.54 Å². The minimum atomic E-state index is 0.703. The van der Waals surface area contributed by atoms with Gasteiger partial charge in [0.25, 0.3) is 0 Å². The van der Waals surface area contributed by atoms with Gasteiger partial charge in [0.2, 0.25) is 0 Å². The van der Waals surface area contributed by atoms with Gasteiger partial charge in [0, 0.05) is 17.3 Å².